The first-order valence-electron chi connectivity index (χ1n) is 7.43. The molecule has 0 bridgehead atoms. The lowest BCUT2D eigenvalue weighted by Gasteiger charge is -2.32. The average molecular weight is 293 g/mol. The van der Waals surface area contributed by atoms with Crippen molar-refractivity contribution in [3.8, 4) is 0 Å². The Kier molecular flexibility index (Phi) is 5.50. The van der Waals surface area contributed by atoms with Crippen LogP contribution in [0, 0.1) is 6.92 Å². The number of nitrogens with one attached hydrogen (secondary N) is 1. The van der Waals surface area contributed by atoms with Gasteiger partial charge in [-0.15, -0.1) is 0 Å². The molecule has 0 unspecified atom stereocenters. The first-order chi connectivity index (χ1) is 9.54. The van der Waals surface area contributed by atoms with Gasteiger partial charge in [-0.25, -0.2) is 0 Å². The van der Waals surface area contributed by atoms with E-state index in [0.29, 0.717) is 6.04 Å². The van der Waals surface area contributed by atoms with Gasteiger partial charge in [0.2, 0.25) is 0 Å². The van der Waals surface area contributed by atoms with E-state index in [-0.39, 0.29) is 0 Å². The quantitative estimate of drug-likeness (QED) is 0.823. The number of anilines is 1. The maximum absolute atomic E-state index is 6.07. The van der Waals surface area contributed by atoms with E-state index < -0.39 is 0 Å². The zero-order chi connectivity index (χ0) is 14.5. The van der Waals surface area contributed by atoms with Crippen LogP contribution in [-0.4, -0.2) is 30.6 Å². The Morgan fingerprint density at radius 3 is 2.70 bits per heavy atom. The molecule has 0 atom stereocenters. The number of hydrogen-bond acceptors (Lipinski definition) is 2. The monoisotopic (exact) mass is 292 g/mol. The highest BCUT2D eigenvalue weighted by molar-refractivity contribution is 6.30. The fourth-order valence-electron chi connectivity index (χ4n) is 2.54. The lowest BCUT2D eigenvalue weighted by molar-refractivity contribution is 0.240. The van der Waals surface area contributed by atoms with Crippen LogP contribution >= 0.6 is 11.6 Å². The zero-order valence-corrected chi connectivity index (χ0v) is 13.5. The Morgan fingerprint density at radius 2 is 2.05 bits per heavy atom. The molecular weight excluding hydrogens is 268 g/mol. The first kappa shape index (κ1) is 15.4. The number of likely N-dealkylation sites (tertiary alicyclic amines) is 1. The molecule has 2 rings (SSSR count). The van der Waals surface area contributed by atoms with Crippen molar-refractivity contribution in [3.63, 3.8) is 0 Å². The minimum atomic E-state index is 0.565. The number of allylic oxidation sites excluding steroid dienone is 1. The molecule has 2 nitrogen and oxygen atoms in total. The second kappa shape index (κ2) is 7.14. The summed E-state index contributed by atoms with van der Waals surface area (Å²) in [5, 5.41) is 4.45. The summed E-state index contributed by atoms with van der Waals surface area (Å²) in [7, 11) is 0. The van der Waals surface area contributed by atoms with Gasteiger partial charge >= 0.3 is 0 Å². The molecule has 1 aliphatic heterocycles. The molecule has 0 spiro atoms. The van der Waals surface area contributed by atoms with E-state index in [1.807, 2.05) is 12.1 Å². The van der Waals surface area contributed by atoms with Crippen molar-refractivity contribution in [3.05, 3.63) is 40.4 Å². The van der Waals surface area contributed by atoms with Gasteiger partial charge in [-0.05, 0) is 51.3 Å². The van der Waals surface area contributed by atoms with Gasteiger partial charge < -0.3 is 5.32 Å². The SMILES string of the molecule is CC(C)=CCN1CCC(Nc2cc(Cl)ccc2C)CC1. The maximum Gasteiger partial charge on any atom is 0.0426 e. The van der Waals surface area contributed by atoms with E-state index in [9.17, 15) is 0 Å². The highest BCUT2D eigenvalue weighted by Gasteiger charge is 2.18. The molecule has 1 saturated heterocycles. The van der Waals surface area contributed by atoms with Crippen LogP contribution in [0.25, 0.3) is 0 Å². The van der Waals surface area contributed by atoms with Crippen LogP contribution in [0.3, 0.4) is 0 Å². The lowest BCUT2D eigenvalue weighted by Crippen LogP contribution is -2.39. The van der Waals surface area contributed by atoms with Crippen molar-refractivity contribution in [2.24, 2.45) is 0 Å². The second-order valence-electron chi connectivity index (χ2n) is 5.96. The normalized spacial score (nSPS) is 17.0. The van der Waals surface area contributed by atoms with Gasteiger partial charge in [0.25, 0.3) is 0 Å². The fourth-order valence-corrected chi connectivity index (χ4v) is 2.71. The third kappa shape index (κ3) is 4.53. The number of aryl methyl sites for hydroxylation is 1. The van der Waals surface area contributed by atoms with E-state index in [1.54, 1.807) is 0 Å². The molecule has 1 heterocycles. The third-order valence-electron chi connectivity index (χ3n) is 3.90. The van der Waals surface area contributed by atoms with Crippen molar-refractivity contribution in [2.45, 2.75) is 39.7 Å². The highest BCUT2D eigenvalue weighted by Crippen LogP contribution is 2.23. The summed E-state index contributed by atoms with van der Waals surface area (Å²) >= 11 is 6.07. The molecular formula is C17H25ClN2. The Morgan fingerprint density at radius 1 is 1.35 bits per heavy atom. The van der Waals surface area contributed by atoms with E-state index in [4.69, 9.17) is 11.6 Å². The van der Waals surface area contributed by atoms with Crippen molar-refractivity contribution < 1.29 is 0 Å². The second-order valence-corrected chi connectivity index (χ2v) is 6.40. The zero-order valence-electron chi connectivity index (χ0n) is 12.7. The number of rotatable bonds is 4. The fraction of sp³-hybridized carbons (Fsp3) is 0.529. The van der Waals surface area contributed by atoms with E-state index >= 15 is 0 Å². The van der Waals surface area contributed by atoms with Crippen LogP contribution in [0.2, 0.25) is 5.02 Å². The minimum absolute atomic E-state index is 0.565. The number of benzene rings is 1. The molecule has 3 heteroatoms. The van der Waals surface area contributed by atoms with Crippen LogP contribution in [0.5, 0.6) is 0 Å². The predicted molar refractivity (Wildman–Crippen MR) is 88.7 cm³/mol. The third-order valence-corrected chi connectivity index (χ3v) is 4.14. The van der Waals surface area contributed by atoms with Crippen molar-refractivity contribution in [1.29, 1.82) is 0 Å². The summed E-state index contributed by atoms with van der Waals surface area (Å²) in [6.45, 7) is 9.88. The summed E-state index contributed by atoms with van der Waals surface area (Å²) in [6, 6.07) is 6.63. The molecule has 1 aromatic carbocycles. The van der Waals surface area contributed by atoms with Crippen molar-refractivity contribution in [1.82, 2.24) is 4.90 Å². The molecule has 0 radical (unpaired) electrons. The molecule has 0 amide bonds. The van der Waals surface area contributed by atoms with Crippen LogP contribution in [0.15, 0.2) is 29.8 Å². The van der Waals surface area contributed by atoms with E-state index in [0.717, 1.165) is 11.6 Å². The Hall–Kier alpha value is -0.990. The lowest BCUT2D eigenvalue weighted by atomic mass is 10.0. The Labute approximate surface area is 127 Å². The van der Waals surface area contributed by atoms with E-state index in [1.165, 1.54) is 42.8 Å². The van der Waals surface area contributed by atoms with Gasteiger partial charge in [-0.3, -0.25) is 4.90 Å². The first-order valence-corrected chi connectivity index (χ1v) is 7.81. The smallest absolute Gasteiger partial charge is 0.0426 e. The molecule has 1 fully saturated rings. The molecule has 110 valence electrons. The van der Waals surface area contributed by atoms with Crippen molar-refractivity contribution in [2.75, 3.05) is 25.0 Å². The Balaban J connectivity index is 1.85. The molecule has 1 aliphatic rings. The van der Waals surface area contributed by atoms with Gasteiger partial charge in [0, 0.05) is 36.4 Å². The molecule has 0 aromatic heterocycles. The molecule has 0 saturated carbocycles. The average Bonchev–Trinajstić information content (AvgIpc) is 2.42. The topological polar surface area (TPSA) is 15.3 Å². The van der Waals surface area contributed by atoms with Gasteiger partial charge in [0.05, 0.1) is 0 Å². The van der Waals surface area contributed by atoms with E-state index in [2.05, 4.69) is 43.1 Å². The van der Waals surface area contributed by atoms with Crippen LogP contribution in [-0.2, 0) is 0 Å². The van der Waals surface area contributed by atoms with Crippen LogP contribution in [0.4, 0.5) is 5.69 Å². The largest absolute Gasteiger partial charge is 0.382 e. The number of nitrogens with zero attached hydrogens (tertiary/aromatic N) is 1. The Bertz CT molecular complexity index is 470. The van der Waals surface area contributed by atoms with Gasteiger partial charge in [-0.2, -0.15) is 0 Å². The predicted octanol–water partition coefficient (Wildman–Crippen LogP) is 4.49. The van der Waals surface area contributed by atoms with Crippen molar-refractivity contribution >= 4 is 17.3 Å². The van der Waals surface area contributed by atoms with Crippen LogP contribution in [0.1, 0.15) is 32.3 Å². The molecule has 1 aromatic rings. The summed E-state index contributed by atoms with van der Waals surface area (Å²) < 4.78 is 0. The van der Waals surface area contributed by atoms with Gasteiger partial charge in [-0.1, -0.05) is 29.3 Å². The molecule has 20 heavy (non-hydrogen) atoms. The number of hydrogen-bond donors (Lipinski definition) is 1. The summed E-state index contributed by atoms with van der Waals surface area (Å²) in [4.78, 5) is 2.52. The molecule has 1 N–H and O–H groups in total. The number of piperidine rings is 1. The standard InChI is InChI=1S/C17H25ClN2/c1-13(2)6-9-20-10-7-16(8-11-20)19-17-12-15(18)5-4-14(17)3/h4-6,12,16,19H,7-11H2,1-3H3. The minimum Gasteiger partial charge on any atom is -0.382 e. The maximum atomic E-state index is 6.07. The molecule has 0 aliphatic carbocycles. The highest BCUT2D eigenvalue weighted by atomic mass is 35.5. The summed E-state index contributed by atoms with van der Waals surface area (Å²) in [5.74, 6) is 0. The van der Waals surface area contributed by atoms with Gasteiger partial charge in [0.15, 0.2) is 0 Å². The summed E-state index contributed by atoms with van der Waals surface area (Å²) in [6.07, 6.45) is 4.71. The van der Waals surface area contributed by atoms with Crippen LogP contribution < -0.4 is 5.32 Å². The summed E-state index contributed by atoms with van der Waals surface area (Å²) in [5.41, 5.74) is 3.85. The number of halogens is 1. The van der Waals surface area contributed by atoms with Gasteiger partial charge in [0.1, 0.15) is 0 Å².